The number of carbonyl (C=O) groups is 2. The van der Waals surface area contributed by atoms with Crippen LogP contribution in [0.1, 0.15) is 323 Å². The molecule has 1 amide bonds. The van der Waals surface area contributed by atoms with Gasteiger partial charge in [-0.3, -0.25) is 18.6 Å². The number of amides is 1. The van der Waals surface area contributed by atoms with Gasteiger partial charge in [0.15, 0.2) is 0 Å². The Balaban J connectivity index is 5.14. The van der Waals surface area contributed by atoms with Crippen LogP contribution in [0.5, 0.6) is 0 Å². The lowest BCUT2D eigenvalue weighted by molar-refractivity contribution is -0.870. The summed E-state index contributed by atoms with van der Waals surface area (Å²) < 4.78 is 30.8. The minimum absolute atomic E-state index is 0.0363. The summed E-state index contributed by atoms with van der Waals surface area (Å²) in [5, 5.41) is 3.06. The Bertz CT molecular complexity index is 1630. The Morgan fingerprint density at radius 1 is 0.427 bits per heavy atom. The molecule has 0 spiro atoms. The van der Waals surface area contributed by atoms with E-state index in [2.05, 4.69) is 86.8 Å². The number of likely N-dealkylation sites (N-methyl/N-ethyl adjacent to an activating group) is 1. The van der Waals surface area contributed by atoms with Crippen molar-refractivity contribution in [1.82, 2.24) is 5.32 Å². The van der Waals surface area contributed by atoms with Gasteiger partial charge in [-0.1, -0.05) is 280 Å². The quantitative estimate of drug-likeness (QED) is 0.0205. The number of phosphoric ester groups is 1. The maximum atomic E-state index is 13.6. The topological polar surface area (TPSA) is 111 Å². The number of nitrogens with zero attached hydrogens (tertiary/aromatic N) is 1. The van der Waals surface area contributed by atoms with E-state index in [0.717, 1.165) is 89.9 Å². The number of carbonyl (C=O) groups excluding carboxylic acids is 2. The van der Waals surface area contributed by atoms with Crippen molar-refractivity contribution >= 4 is 19.7 Å². The molecule has 0 saturated carbocycles. The summed E-state index contributed by atoms with van der Waals surface area (Å²) in [6.07, 6.45) is 80.4. The summed E-state index contributed by atoms with van der Waals surface area (Å²) in [5.41, 5.74) is 0. The number of hydrogen-bond acceptors (Lipinski definition) is 6. The fourth-order valence-electron chi connectivity index (χ4n) is 9.98. The fourth-order valence-corrected chi connectivity index (χ4v) is 10.7. The molecular formula is C72H134N2O7P+. The molecule has 3 atom stereocenters. The number of unbranched alkanes of at least 4 members (excludes halogenated alkanes) is 37. The second kappa shape index (κ2) is 61.5. The molecule has 0 aliphatic carbocycles. The van der Waals surface area contributed by atoms with E-state index >= 15 is 0 Å². The highest BCUT2D eigenvalue weighted by Gasteiger charge is 2.30. The standard InChI is InChI=1S/C72H133N2O7P/c1-7-10-13-16-19-22-25-28-30-32-34-36-37-39-40-42-44-46-49-52-55-58-61-64-71(75)73-69(68-80-82(77,78)79-67-66-74(4,5)6)70(63-60-57-54-51-48-27-24-21-18-15-12-9-3)81-72(76)65-62-59-56-53-50-47-45-43-41-38-35-33-31-29-26-23-20-17-14-11-8-2/h19,22,28-31,34,36,39-40,60,63,69-70H,7-18,20-21,23-27,32-33,35,37-38,41-59,61-62,64-68H2,1-6H3,(H-,73,75,77,78)/p+1/b22-19-,30-28-,31-29+,36-34-,40-39-,63-60+. The number of esters is 1. The van der Waals surface area contributed by atoms with Crippen LogP contribution in [0.25, 0.3) is 0 Å². The highest BCUT2D eigenvalue weighted by atomic mass is 31.2. The first-order valence-corrected chi connectivity index (χ1v) is 36.3. The van der Waals surface area contributed by atoms with E-state index in [9.17, 15) is 19.0 Å². The molecule has 3 unspecified atom stereocenters. The lowest BCUT2D eigenvalue weighted by Crippen LogP contribution is -2.47. The summed E-state index contributed by atoms with van der Waals surface area (Å²) in [7, 11) is 1.49. The number of nitrogens with one attached hydrogen (secondary N) is 1. The number of quaternary nitrogens is 1. The largest absolute Gasteiger partial charge is 0.472 e. The maximum absolute atomic E-state index is 13.6. The molecule has 0 aromatic rings. The minimum Gasteiger partial charge on any atom is -0.456 e. The number of hydrogen-bond donors (Lipinski definition) is 2. The molecule has 0 heterocycles. The number of phosphoric acid groups is 1. The van der Waals surface area contributed by atoms with E-state index < -0.39 is 20.0 Å². The van der Waals surface area contributed by atoms with Gasteiger partial charge in [0.05, 0.1) is 33.8 Å². The van der Waals surface area contributed by atoms with Crippen LogP contribution >= 0.6 is 7.82 Å². The van der Waals surface area contributed by atoms with Crippen LogP contribution in [0.2, 0.25) is 0 Å². The minimum atomic E-state index is -4.46. The molecule has 0 radical (unpaired) electrons. The van der Waals surface area contributed by atoms with Crippen molar-refractivity contribution in [1.29, 1.82) is 0 Å². The molecule has 0 aromatic heterocycles. The summed E-state index contributed by atoms with van der Waals surface area (Å²) in [6.45, 7) is 7.00. The Morgan fingerprint density at radius 2 is 0.744 bits per heavy atom. The molecule has 2 N–H and O–H groups in total. The first-order chi connectivity index (χ1) is 39.9. The van der Waals surface area contributed by atoms with Gasteiger partial charge < -0.3 is 19.4 Å². The third-order valence-electron chi connectivity index (χ3n) is 15.4. The predicted molar refractivity (Wildman–Crippen MR) is 355 cm³/mol. The van der Waals surface area contributed by atoms with Gasteiger partial charge in [-0.25, -0.2) is 4.57 Å². The highest BCUT2D eigenvalue weighted by Crippen LogP contribution is 2.43. The molecule has 0 fully saturated rings. The third kappa shape index (κ3) is 62.0. The summed E-state index contributed by atoms with van der Waals surface area (Å²) in [4.78, 5) is 37.9. The average molecular weight is 1170 g/mol. The smallest absolute Gasteiger partial charge is 0.456 e. The summed E-state index contributed by atoms with van der Waals surface area (Å²) in [5.74, 6) is -0.510. The van der Waals surface area contributed by atoms with E-state index in [1.165, 1.54) is 199 Å². The van der Waals surface area contributed by atoms with Crippen molar-refractivity contribution in [3.05, 3.63) is 72.9 Å². The molecule has 10 heteroatoms. The number of allylic oxidation sites excluding steroid dienone is 11. The molecular weight excluding hydrogens is 1040 g/mol. The third-order valence-corrected chi connectivity index (χ3v) is 16.4. The Kier molecular flexibility index (Phi) is 59.6. The number of ether oxygens (including phenoxy) is 1. The zero-order valence-electron chi connectivity index (χ0n) is 54.7. The lowest BCUT2D eigenvalue weighted by Gasteiger charge is -2.27. The first kappa shape index (κ1) is 79.5. The van der Waals surface area contributed by atoms with Crippen LogP contribution in [0, 0.1) is 0 Å². The van der Waals surface area contributed by atoms with Crippen molar-refractivity contribution < 1.29 is 37.3 Å². The fraction of sp³-hybridized carbons (Fsp3) is 0.806. The van der Waals surface area contributed by atoms with Crippen LogP contribution < -0.4 is 5.32 Å². The van der Waals surface area contributed by atoms with Crippen LogP contribution in [0.15, 0.2) is 72.9 Å². The molecule has 0 bridgehead atoms. The highest BCUT2D eigenvalue weighted by molar-refractivity contribution is 7.47. The average Bonchev–Trinajstić information content (AvgIpc) is 3.47. The van der Waals surface area contributed by atoms with Gasteiger partial charge in [0.2, 0.25) is 5.91 Å². The van der Waals surface area contributed by atoms with E-state index in [4.69, 9.17) is 13.8 Å². The second-order valence-electron chi connectivity index (χ2n) is 24.7. The van der Waals surface area contributed by atoms with Gasteiger partial charge in [0.25, 0.3) is 0 Å². The number of rotatable bonds is 63. The van der Waals surface area contributed by atoms with Crippen molar-refractivity contribution in [2.45, 2.75) is 335 Å². The first-order valence-electron chi connectivity index (χ1n) is 34.8. The van der Waals surface area contributed by atoms with Crippen LogP contribution in [-0.2, 0) is 27.9 Å². The van der Waals surface area contributed by atoms with E-state index in [1.54, 1.807) is 0 Å². The predicted octanol–water partition coefficient (Wildman–Crippen LogP) is 22.0. The van der Waals surface area contributed by atoms with Crippen molar-refractivity contribution in [2.75, 3.05) is 40.9 Å². The molecule has 0 aliphatic heterocycles. The molecule has 82 heavy (non-hydrogen) atoms. The zero-order valence-corrected chi connectivity index (χ0v) is 55.6. The van der Waals surface area contributed by atoms with Gasteiger partial charge in [0, 0.05) is 12.8 Å². The maximum Gasteiger partial charge on any atom is 0.472 e. The van der Waals surface area contributed by atoms with Crippen LogP contribution in [0.3, 0.4) is 0 Å². The van der Waals surface area contributed by atoms with Gasteiger partial charge in [0.1, 0.15) is 19.3 Å². The van der Waals surface area contributed by atoms with Gasteiger partial charge in [-0.2, -0.15) is 0 Å². The molecule has 478 valence electrons. The molecule has 0 saturated heterocycles. The van der Waals surface area contributed by atoms with E-state index in [0.29, 0.717) is 17.4 Å². The Labute approximate surface area is 508 Å². The van der Waals surface area contributed by atoms with Gasteiger partial charge >= 0.3 is 13.8 Å². The van der Waals surface area contributed by atoms with E-state index in [-0.39, 0.29) is 31.5 Å². The summed E-state index contributed by atoms with van der Waals surface area (Å²) in [6, 6.07) is -0.857. The van der Waals surface area contributed by atoms with Crippen molar-refractivity contribution in [2.24, 2.45) is 0 Å². The van der Waals surface area contributed by atoms with Crippen LogP contribution in [0.4, 0.5) is 0 Å². The molecule has 0 aliphatic rings. The van der Waals surface area contributed by atoms with Gasteiger partial charge in [-0.05, 0) is 102 Å². The normalized spacial score (nSPS) is 14.0. The van der Waals surface area contributed by atoms with Crippen molar-refractivity contribution in [3.63, 3.8) is 0 Å². The molecule has 9 nitrogen and oxygen atoms in total. The molecule has 0 aromatic carbocycles. The Morgan fingerprint density at radius 3 is 1.15 bits per heavy atom. The van der Waals surface area contributed by atoms with Crippen LogP contribution in [-0.4, -0.2) is 74.3 Å². The SMILES string of the molecule is CCCCC/C=C\C/C=C\C/C=C\C/C=C\CCCCCCCCCC(=O)NC(COP(=O)(O)OCC[N+](C)(C)C)C(/C=C/CCCCCCCCCCCC)OC(=O)CCCCCCCCCCCCC/C=C/CCCCCCCC. The zero-order chi connectivity index (χ0) is 60.0. The Hall–Kier alpha value is -2.55. The van der Waals surface area contributed by atoms with Crippen molar-refractivity contribution in [3.8, 4) is 0 Å². The summed E-state index contributed by atoms with van der Waals surface area (Å²) >= 11 is 0. The van der Waals surface area contributed by atoms with Gasteiger partial charge in [-0.15, -0.1) is 0 Å². The second-order valence-corrected chi connectivity index (χ2v) is 26.1. The lowest BCUT2D eigenvalue weighted by atomic mass is 10.0. The monoisotopic (exact) mass is 1170 g/mol. The van der Waals surface area contributed by atoms with E-state index in [1.807, 2.05) is 33.3 Å². The molecule has 0 rings (SSSR count).